The Morgan fingerprint density at radius 3 is 2.39 bits per heavy atom. The van der Waals surface area contributed by atoms with Crippen molar-refractivity contribution in [3.05, 3.63) is 76.9 Å². The fraction of sp³-hybridized carbons (Fsp3) is 0.160. The molecule has 0 radical (unpaired) electrons. The van der Waals surface area contributed by atoms with E-state index in [0.717, 1.165) is 37.5 Å². The molecule has 4 aromatic rings. The first-order valence-electron chi connectivity index (χ1n) is 10.3. The largest absolute Gasteiger partial charge is 0.325 e. The second-order valence-corrected chi connectivity index (χ2v) is 9.65. The summed E-state index contributed by atoms with van der Waals surface area (Å²) in [6.45, 7) is 6.02. The van der Waals surface area contributed by atoms with Gasteiger partial charge in [0.15, 0.2) is 5.13 Å². The molecular weight excluding hydrogens is 452 g/mol. The normalized spacial score (nSPS) is 10.8. The maximum Gasteiger partial charge on any atom is 0.325 e. The van der Waals surface area contributed by atoms with E-state index in [-0.39, 0.29) is 11.9 Å². The SMILES string of the molecule is CSc1cccc(NC(=O)Nc2nc3ccc(C(=O)Nc4c(C)cc(C)cc4C)cc3s2)c1. The zero-order valence-electron chi connectivity index (χ0n) is 18.8. The zero-order valence-corrected chi connectivity index (χ0v) is 20.4. The second-order valence-electron chi connectivity index (χ2n) is 7.74. The number of amides is 3. The predicted octanol–water partition coefficient (Wildman–Crippen LogP) is 6.84. The van der Waals surface area contributed by atoms with Crippen LogP contribution in [0, 0.1) is 20.8 Å². The minimum absolute atomic E-state index is 0.179. The van der Waals surface area contributed by atoms with Gasteiger partial charge in [0.25, 0.3) is 5.91 Å². The number of hydrogen-bond donors (Lipinski definition) is 3. The van der Waals surface area contributed by atoms with Crippen LogP contribution in [0.2, 0.25) is 0 Å². The zero-order chi connectivity index (χ0) is 23.5. The Morgan fingerprint density at radius 2 is 1.67 bits per heavy atom. The van der Waals surface area contributed by atoms with Crippen molar-refractivity contribution in [1.29, 1.82) is 0 Å². The molecule has 0 bridgehead atoms. The van der Waals surface area contributed by atoms with Gasteiger partial charge in [-0.2, -0.15) is 0 Å². The van der Waals surface area contributed by atoms with Gasteiger partial charge in [-0.05, 0) is 74.6 Å². The smallest absolute Gasteiger partial charge is 0.322 e. The molecule has 0 aliphatic rings. The van der Waals surface area contributed by atoms with Gasteiger partial charge in [0.2, 0.25) is 0 Å². The number of nitrogens with zero attached hydrogens (tertiary/aromatic N) is 1. The third-order valence-electron chi connectivity index (χ3n) is 5.11. The van der Waals surface area contributed by atoms with Crippen molar-refractivity contribution >= 4 is 61.8 Å². The van der Waals surface area contributed by atoms with E-state index in [0.29, 0.717) is 16.4 Å². The molecule has 168 valence electrons. The monoisotopic (exact) mass is 476 g/mol. The summed E-state index contributed by atoms with van der Waals surface area (Å²) in [5.74, 6) is -0.179. The van der Waals surface area contributed by atoms with Gasteiger partial charge in [0.1, 0.15) is 0 Å². The fourth-order valence-electron chi connectivity index (χ4n) is 3.64. The molecule has 33 heavy (non-hydrogen) atoms. The van der Waals surface area contributed by atoms with Crippen LogP contribution in [0.15, 0.2) is 59.5 Å². The highest BCUT2D eigenvalue weighted by Crippen LogP contribution is 2.28. The van der Waals surface area contributed by atoms with Gasteiger partial charge < -0.3 is 10.6 Å². The van der Waals surface area contributed by atoms with Crippen LogP contribution in [0.1, 0.15) is 27.0 Å². The Balaban J connectivity index is 1.48. The summed E-state index contributed by atoms with van der Waals surface area (Å²) in [5, 5.41) is 9.09. The average molecular weight is 477 g/mol. The van der Waals surface area contributed by atoms with Crippen molar-refractivity contribution in [2.75, 3.05) is 22.2 Å². The molecule has 0 unspecified atom stereocenters. The Bertz CT molecular complexity index is 1340. The van der Waals surface area contributed by atoms with E-state index in [2.05, 4.69) is 33.1 Å². The maximum absolute atomic E-state index is 12.9. The first kappa shape index (κ1) is 22.8. The number of nitrogens with one attached hydrogen (secondary N) is 3. The number of aryl methyl sites for hydroxylation is 3. The lowest BCUT2D eigenvalue weighted by molar-refractivity contribution is 0.102. The minimum atomic E-state index is -0.365. The third-order valence-corrected chi connectivity index (χ3v) is 6.77. The summed E-state index contributed by atoms with van der Waals surface area (Å²) in [7, 11) is 0. The third kappa shape index (κ3) is 5.35. The first-order valence-corrected chi connectivity index (χ1v) is 12.4. The molecule has 0 aliphatic heterocycles. The highest BCUT2D eigenvalue weighted by Gasteiger charge is 2.14. The summed E-state index contributed by atoms with van der Waals surface area (Å²) < 4.78 is 0.819. The van der Waals surface area contributed by atoms with Crippen LogP contribution < -0.4 is 16.0 Å². The maximum atomic E-state index is 12.9. The van der Waals surface area contributed by atoms with Crippen molar-refractivity contribution in [3.63, 3.8) is 0 Å². The number of hydrogen-bond acceptors (Lipinski definition) is 5. The van der Waals surface area contributed by atoms with Crippen molar-refractivity contribution in [1.82, 2.24) is 4.98 Å². The van der Waals surface area contributed by atoms with E-state index in [9.17, 15) is 9.59 Å². The highest BCUT2D eigenvalue weighted by atomic mass is 32.2. The summed E-state index contributed by atoms with van der Waals surface area (Å²) >= 11 is 2.93. The van der Waals surface area contributed by atoms with Crippen LogP contribution in [0.4, 0.5) is 21.3 Å². The van der Waals surface area contributed by atoms with Crippen LogP contribution in [-0.4, -0.2) is 23.2 Å². The molecule has 3 amide bonds. The van der Waals surface area contributed by atoms with Crippen LogP contribution >= 0.6 is 23.1 Å². The molecule has 1 aromatic heterocycles. The number of carbonyl (C=O) groups excluding carboxylic acids is 2. The lowest BCUT2D eigenvalue weighted by Crippen LogP contribution is -2.19. The molecule has 8 heteroatoms. The van der Waals surface area contributed by atoms with Gasteiger partial charge in [0, 0.05) is 21.8 Å². The molecule has 0 saturated heterocycles. The summed E-state index contributed by atoms with van der Waals surface area (Å²) in [4.78, 5) is 30.8. The van der Waals surface area contributed by atoms with Crippen molar-refractivity contribution in [3.8, 4) is 0 Å². The number of thioether (sulfide) groups is 1. The Hall–Kier alpha value is -3.36. The number of carbonyl (C=O) groups is 2. The molecule has 1 heterocycles. The van der Waals surface area contributed by atoms with Crippen molar-refractivity contribution < 1.29 is 9.59 Å². The molecule has 0 atom stereocenters. The van der Waals surface area contributed by atoms with Crippen LogP contribution in [0.25, 0.3) is 10.2 Å². The number of urea groups is 1. The first-order chi connectivity index (χ1) is 15.8. The average Bonchev–Trinajstić information content (AvgIpc) is 3.17. The molecule has 3 aromatic carbocycles. The summed E-state index contributed by atoms with van der Waals surface area (Å²) in [6.07, 6.45) is 1.98. The van der Waals surface area contributed by atoms with E-state index in [1.807, 2.05) is 51.3 Å². The topological polar surface area (TPSA) is 83.1 Å². The lowest BCUT2D eigenvalue weighted by Gasteiger charge is -2.12. The molecular formula is C25H24N4O2S2. The van der Waals surface area contributed by atoms with Crippen LogP contribution in [0.3, 0.4) is 0 Å². The quantitative estimate of drug-likeness (QED) is 0.275. The molecule has 0 fully saturated rings. The van der Waals surface area contributed by atoms with Crippen molar-refractivity contribution in [2.45, 2.75) is 25.7 Å². The minimum Gasteiger partial charge on any atom is -0.322 e. The Labute approximate surface area is 200 Å². The Kier molecular flexibility index (Phi) is 6.67. The molecule has 4 rings (SSSR count). The number of fused-ring (bicyclic) bond motifs is 1. The van der Waals surface area contributed by atoms with Gasteiger partial charge in [-0.1, -0.05) is 35.1 Å². The van der Waals surface area contributed by atoms with Gasteiger partial charge in [-0.25, -0.2) is 9.78 Å². The van der Waals surface area contributed by atoms with E-state index < -0.39 is 0 Å². The number of rotatable bonds is 5. The van der Waals surface area contributed by atoms with Gasteiger partial charge >= 0.3 is 6.03 Å². The van der Waals surface area contributed by atoms with Crippen LogP contribution in [-0.2, 0) is 0 Å². The molecule has 0 aliphatic carbocycles. The van der Waals surface area contributed by atoms with Crippen molar-refractivity contribution in [2.24, 2.45) is 0 Å². The van der Waals surface area contributed by atoms with Gasteiger partial charge in [0.05, 0.1) is 10.2 Å². The number of anilines is 3. The molecule has 0 saturated carbocycles. The fourth-order valence-corrected chi connectivity index (χ4v) is 5.00. The number of thiazole rings is 1. The molecule has 3 N–H and O–H groups in total. The summed E-state index contributed by atoms with van der Waals surface area (Å²) in [6, 6.07) is 16.7. The second kappa shape index (κ2) is 9.64. The summed E-state index contributed by atoms with van der Waals surface area (Å²) in [5.41, 5.74) is 6.02. The van der Waals surface area contributed by atoms with Crippen LogP contribution in [0.5, 0.6) is 0 Å². The van der Waals surface area contributed by atoms with E-state index >= 15 is 0 Å². The van der Waals surface area contributed by atoms with Gasteiger partial charge in [-0.3, -0.25) is 10.1 Å². The number of benzene rings is 3. The number of aromatic nitrogens is 1. The predicted molar refractivity (Wildman–Crippen MR) is 139 cm³/mol. The van der Waals surface area contributed by atoms with Gasteiger partial charge in [-0.15, -0.1) is 11.8 Å². The highest BCUT2D eigenvalue weighted by molar-refractivity contribution is 7.98. The van der Waals surface area contributed by atoms with E-state index in [1.54, 1.807) is 30.0 Å². The Morgan fingerprint density at radius 1 is 0.909 bits per heavy atom. The molecule has 0 spiro atoms. The van der Waals surface area contributed by atoms with E-state index in [1.165, 1.54) is 11.3 Å². The standard InChI is InChI=1S/C25H24N4O2S2/c1-14-10-15(2)22(16(3)11-14)28-23(30)17-8-9-20-21(12-17)33-25(27-20)29-24(31)26-18-6-5-7-19(13-18)32-4/h5-13H,1-4H3,(H,28,30)(H2,26,27,29,31). The molecule has 6 nitrogen and oxygen atoms in total. The van der Waals surface area contributed by atoms with E-state index in [4.69, 9.17) is 0 Å². The lowest BCUT2D eigenvalue weighted by atomic mass is 10.0.